The van der Waals surface area contributed by atoms with Crippen molar-refractivity contribution < 1.29 is 19.3 Å². The number of ether oxygens (including phenoxy) is 3. The van der Waals surface area contributed by atoms with Crippen molar-refractivity contribution in [1.29, 1.82) is 5.26 Å². The van der Waals surface area contributed by atoms with Gasteiger partial charge in [-0.3, -0.25) is 9.88 Å². The van der Waals surface area contributed by atoms with Gasteiger partial charge in [-0.2, -0.15) is 5.26 Å². The smallest absolute Gasteiger partial charge is 0.142 e. The van der Waals surface area contributed by atoms with Crippen molar-refractivity contribution >= 4 is 23.2 Å². The van der Waals surface area contributed by atoms with Gasteiger partial charge in [0.1, 0.15) is 36.5 Å². The Hall–Kier alpha value is -3.84. The molecule has 0 saturated carbocycles. The van der Waals surface area contributed by atoms with Gasteiger partial charge < -0.3 is 24.2 Å². The molecule has 8 nitrogen and oxygen atoms in total. The maximum Gasteiger partial charge on any atom is 0.142 e. The fourth-order valence-electron chi connectivity index (χ4n) is 6.94. The standard InChI is InChI=1S/C42H48Cl2N4O4/c1-30-33(9-6-10-35(30)36-11-7-12-38(41(36)44)50-20-8-17-47-18-13-42(2,49)14-19-47)29-52-40-23-39(51-28-32-21-31(24-45)25-46-26-32)34(22-37(40)43)27-48-15-4-3-5-16-48/h6-7,9-12,21-23,25-26,49H,3-5,8,13-20,27-29H2,1-2H3. The zero-order valence-corrected chi connectivity index (χ0v) is 31.7. The van der Waals surface area contributed by atoms with Crippen LogP contribution >= 0.6 is 23.2 Å². The summed E-state index contributed by atoms with van der Waals surface area (Å²) < 4.78 is 18.9. The van der Waals surface area contributed by atoms with Gasteiger partial charge in [-0.25, -0.2) is 0 Å². The molecule has 0 unspecified atom stereocenters. The maximum absolute atomic E-state index is 10.2. The van der Waals surface area contributed by atoms with Gasteiger partial charge in [0.2, 0.25) is 0 Å². The van der Waals surface area contributed by atoms with Crippen LogP contribution in [0.4, 0.5) is 0 Å². The number of aromatic nitrogens is 1. The second-order valence-electron chi connectivity index (χ2n) is 14.2. The lowest BCUT2D eigenvalue weighted by atomic mass is 9.94. The number of benzene rings is 3. The third-order valence-corrected chi connectivity index (χ3v) is 10.9. The first kappa shape index (κ1) is 37.9. The molecular formula is C42H48Cl2N4O4. The minimum atomic E-state index is -0.543. The normalized spacial score (nSPS) is 16.3. The van der Waals surface area contributed by atoms with Gasteiger partial charge in [0, 0.05) is 61.3 Å². The third-order valence-electron chi connectivity index (χ3n) is 10.2. The highest BCUT2D eigenvalue weighted by Gasteiger charge is 2.27. The summed E-state index contributed by atoms with van der Waals surface area (Å²) in [6.45, 7) is 10.7. The van der Waals surface area contributed by atoms with E-state index in [9.17, 15) is 10.4 Å². The summed E-state index contributed by atoms with van der Waals surface area (Å²) in [5.74, 6) is 1.91. The number of halogens is 2. The average Bonchev–Trinajstić information content (AvgIpc) is 3.15. The number of hydrogen-bond acceptors (Lipinski definition) is 8. The zero-order chi connectivity index (χ0) is 36.5. The van der Waals surface area contributed by atoms with E-state index in [2.05, 4.69) is 39.9 Å². The second kappa shape index (κ2) is 17.8. The Bertz CT molecular complexity index is 1860. The number of rotatable bonds is 14. The van der Waals surface area contributed by atoms with E-state index in [-0.39, 0.29) is 6.61 Å². The molecule has 0 aliphatic carbocycles. The topological polar surface area (TPSA) is 91.1 Å². The van der Waals surface area contributed by atoms with E-state index in [4.69, 9.17) is 37.4 Å². The lowest BCUT2D eigenvalue weighted by Crippen LogP contribution is -2.42. The highest BCUT2D eigenvalue weighted by molar-refractivity contribution is 6.35. The van der Waals surface area contributed by atoms with E-state index < -0.39 is 5.60 Å². The summed E-state index contributed by atoms with van der Waals surface area (Å²) in [6, 6.07) is 19.8. The molecule has 274 valence electrons. The number of nitriles is 1. The summed E-state index contributed by atoms with van der Waals surface area (Å²) >= 11 is 13.8. The number of piperidine rings is 2. The molecule has 0 atom stereocenters. The molecule has 4 aromatic rings. The van der Waals surface area contributed by atoms with E-state index in [0.29, 0.717) is 46.1 Å². The van der Waals surface area contributed by atoms with Crippen molar-refractivity contribution in [1.82, 2.24) is 14.8 Å². The summed E-state index contributed by atoms with van der Waals surface area (Å²) in [6.07, 6.45) is 9.37. The predicted octanol–water partition coefficient (Wildman–Crippen LogP) is 9.00. The van der Waals surface area contributed by atoms with Crippen LogP contribution in [0, 0.1) is 18.3 Å². The quantitative estimate of drug-likeness (QED) is 0.128. The molecule has 2 saturated heterocycles. The minimum Gasteiger partial charge on any atom is -0.492 e. The van der Waals surface area contributed by atoms with E-state index in [1.807, 2.05) is 43.3 Å². The number of pyridine rings is 1. The molecule has 10 heteroatoms. The van der Waals surface area contributed by atoms with Crippen molar-refractivity contribution in [2.45, 2.75) is 77.7 Å². The van der Waals surface area contributed by atoms with E-state index in [0.717, 1.165) is 91.9 Å². The van der Waals surface area contributed by atoms with Gasteiger partial charge >= 0.3 is 0 Å². The number of nitrogens with zero attached hydrogens (tertiary/aromatic N) is 4. The first-order valence-corrected chi connectivity index (χ1v) is 19.0. The Morgan fingerprint density at radius 2 is 1.58 bits per heavy atom. The van der Waals surface area contributed by atoms with Crippen LogP contribution in [0.2, 0.25) is 10.0 Å². The van der Waals surface area contributed by atoms with Gasteiger partial charge in [-0.05, 0) is 93.9 Å². The van der Waals surface area contributed by atoms with Gasteiger partial charge in [0.05, 0.1) is 27.8 Å². The maximum atomic E-state index is 10.2. The molecule has 0 bridgehead atoms. The zero-order valence-electron chi connectivity index (χ0n) is 30.2. The number of aliphatic hydroxyl groups is 1. The molecule has 2 fully saturated rings. The summed E-state index contributed by atoms with van der Waals surface area (Å²) in [5.41, 5.74) is 5.75. The molecule has 2 aliphatic rings. The van der Waals surface area contributed by atoms with E-state index in [1.165, 1.54) is 19.3 Å². The Labute approximate surface area is 317 Å². The Morgan fingerprint density at radius 1 is 0.827 bits per heavy atom. The van der Waals surface area contributed by atoms with Crippen molar-refractivity contribution in [2.24, 2.45) is 0 Å². The number of likely N-dealkylation sites (tertiary alicyclic amines) is 2. The SMILES string of the molecule is Cc1c(COc2cc(OCc3cncc(C#N)c3)c(CN3CCCCC3)cc2Cl)cccc1-c1cccc(OCCCN2CCC(C)(O)CC2)c1Cl. The van der Waals surface area contributed by atoms with Crippen LogP contribution < -0.4 is 14.2 Å². The van der Waals surface area contributed by atoms with Crippen molar-refractivity contribution in [3.63, 3.8) is 0 Å². The molecule has 0 spiro atoms. The van der Waals surface area contributed by atoms with Gasteiger partial charge in [-0.1, -0.05) is 60.0 Å². The highest BCUT2D eigenvalue weighted by atomic mass is 35.5. The Morgan fingerprint density at radius 3 is 2.37 bits per heavy atom. The minimum absolute atomic E-state index is 0.268. The number of hydrogen-bond donors (Lipinski definition) is 1. The van der Waals surface area contributed by atoms with Crippen LogP contribution in [0.3, 0.4) is 0 Å². The first-order chi connectivity index (χ1) is 25.2. The fourth-order valence-corrected chi connectivity index (χ4v) is 7.46. The lowest BCUT2D eigenvalue weighted by Gasteiger charge is -2.35. The summed E-state index contributed by atoms with van der Waals surface area (Å²) in [7, 11) is 0. The molecule has 0 radical (unpaired) electrons. The van der Waals surface area contributed by atoms with E-state index >= 15 is 0 Å². The fraction of sp³-hybridized carbons (Fsp3) is 0.429. The molecule has 52 heavy (non-hydrogen) atoms. The summed E-state index contributed by atoms with van der Waals surface area (Å²) in [5, 5.41) is 20.7. The van der Waals surface area contributed by atoms with Crippen LogP contribution in [0.5, 0.6) is 17.2 Å². The molecule has 0 amide bonds. The molecule has 1 aromatic heterocycles. The predicted molar refractivity (Wildman–Crippen MR) is 206 cm³/mol. The summed E-state index contributed by atoms with van der Waals surface area (Å²) in [4.78, 5) is 9.00. The van der Waals surface area contributed by atoms with Gasteiger partial charge in [0.25, 0.3) is 0 Å². The van der Waals surface area contributed by atoms with Crippen LogP contribution in [0.1, 0.15) is 73.3 Å². The van der Waals surface area contributed by atoms with Crippen LogP contribution in [0.25, 0.3) is 11.1 Å². The highest BCUT2D eigenvalue weighted by Crippen LogP contribution is 2.39. The average molecular weight is 744 g/mol. The van der Waals surface area contributed by atoms with Crippen molar-refractivity contribution in [3.8, 4) is 34.4 Å². The van der Waals surface area contributed by atoms with Crippen LogP contribution in [-0.2, 0) is 19.8 Å². The lowest BCUT2D eigenvalue weighted by molar-refractivity contribution is -0.00603. The third kappa shape index (κ3) is 9.97. The van der Waals surface area contributed by atoms with E-state index in [1.54, 1.807) is 18.5 Å². The second-order valence-corrected chi connectivity index (χ2v) is 15.0. The van der Waals surface area contributed by atoms with Gasteiger partial charge in [-0.15, -0.1) is 0 Å². The molecule has 3 heterocycles. The molecule has 2 aliphatic heterocycles. The molecule has 6 rings (SSSR count). The molecular weight excluding hydrogens is 695 g/mol. The van der Waals surface area contributed by atoms with Crippen molar-refractivity contribution in [3.05, 3.63) is 105 Å². The Kier molecular flexibility index (Phi) is 13.0. The first-order valence-electron chi connectivity index (χ1n) is 18.3. The molecule has 1 N–H and O–H groups in total. The molecule has 3 aromatic carbocycles. The van der Waals surface area contributed by atoms with Crippen LogP contribution in [-0.4, -0.2) is 64.8 Å². The Balaban J connectivity index is 1.13. The van der Waals surface area contributed by atoms with Crippen LogP contribution in [0.15, 0.2) is 67.0 Å². The van der Waals surface area contributed by atoms with Gasteiger partial charge in [0.15, 0.2) is 0 Å². The monoisotopic (exact) mass is 742 g/mol. The van der Waals surface area contributed by atoms with Crippen molar-refractivity contribution in [2.75, 3.05) is 39.3 Å². The largest absolute Gasteiger partial charge is 0.492 e.